The molecule has 0 atom stereocenters. The molecule has 27 heavy (non-hydrogen) atoms. The highest BCUT2D eigenvalue weighted by Crippen LogP contribution is 2.31. The third-order valence-electron chi connectivity index (χ3n) is 5.23. The summed E-state index contributed by atoms with van der Waals surface area (Å²) in [6.07, 6.45) is 5.85. The van der Waals surface area contributed by atoms with E-state index in [-0.39, 0.29) is 5.69 Å². The molecule has 0 fully saturated rings. The van der Waals surface area contributed by atoms with Crippen molar-refractivity contribution in [1.82, 2.24) is 15.2 Å². The summed E-state index contributed by atoms with van der Waals surface area (Å²) in [6.45, 7) is 0. The molecule has 2 heterocycles. The van der Waals surface area contributed by atoms with Gasteiger partial charge in [0.25, 0.3) is 0 Å². The van der Waals surface area contributed by atoms with Crippen molar-refractivity contribution in [2.24, 2.45) is 0 Å². The average Bonchev–Trinajstić information content (AvgIpc) is 3.26. The summed E-state index contributed by atoms with van der Waals surface area (Å²) in [6, 6.07) is 17.5. The molecule has 0 radical (unpaired) electrons. The molecule has 3 nitrogen and oxygen atoms in total. The first-order valence-electron chi connectivity index (χ1n) is 8.74. The van der Waals surface area contributed by atoms with Crippen LogP contribution in [0.5, 0.6) is 0 Å². The van der Waals surface area contributed by atoms with Crippen LogP contribution in [0.25, 0.3) is 45.8 Å². The number of pyridine rings is 1. The number of aromatic nitrogens is 3. The summed E-state index contributed by atoms with van der Waals surface area (Å²) in [5.74, 6) is -0.397. The van der Waals surface area contributed by atoms with Gasteiger partial charge in [-0.2, -0.15) is 0 Å². The van der Waals surface area contributed by atoms with Crippen LogP contribution in [0.4, 0.5) is 4.39 Å². The van der Waals surface area contributed by atoms with Gasteiger partial charge in [0.05, 0.1) is 5.69 Å². The number of fused-ring (bicyclic) bond motifs is 7. The van der Waals surface area contributed by atoms with Crippen LogP contribution in [0.1, 0.15) is 11.3 Å². The molecule has 0 amide bonds. The van der Waals surface area contributed by atoms with Gasteiger partial charge in [0.2, 0.25) is 0 Å². The molecular formula is C23H12FN3. The van der Waals surface area contributed by atoms with E-state index >= 15 is 0 Å². The summed E-state index contributed by atoms with van der Waals surface area (Å²) < 4.78 is 14.1. The van der Waals surface area contributed by atoms with Crippen molar-refractivity contribution in [3.63, 3.8) is 0 Å². The predicted molar refractivity (Wildman–Crippen MR) is 102 cm³/mol. The van der Waals surface area contributed by atoms with Gasteiger partial charge in [-0.15, -0.1) is 10.2 Å². The molecule has 0 saturated heterocycles. The number of hydrogen-bond donors (Lipinski definition) is 0. The first-order valence-corrected chi connectivity index (χ1v) is 8.74. The largest absolute Gasteiger partial charge is 0.251 e. The monoisotopic (exact) mass is 349 g/mol. The summed E-state index contributed by atoms with van der Waals surface area (Å²) in [7, 11) is 0. The summed E-state index contributed by atoms with van der Waals surface area (Å²) in [5, 5.41) is 10.9. The molecule has 6 rings (SSSR count). The molecule has 0 saturated carbocycles. The molecule has 4 heteroatoms. The van der Waals surface area contributed by atoms with Crippen LogP contribution in [-0.2, 0) is 0 Å². The first kappa shape index (κ1) is 14.5. The second kappa shape index (κ2) is 5.17. The minimum absolute atomic E-state index is 0.223. The second-order valence-corrected chi connectivity index (χ2v) is 6.73. The van der Waals surface area contributed by atoms with E-state index in [1.807, 2.05) is 6.07 Å². The van der Waals surface area contributed by atoms with E-state index in [0.717, 1.165) is 22.0 Å². The lowest BCUT2D eigenvalue weighted by molar-refractivity contribution is 0.624. The van der Waals surface area contributed by atoms with Crippen molar-refractivity contribution >= 4 is 12.2 Å². The Bertz CT molecular complexity index is 1390. The van der Waals surface area contributed by atoms with Gasteiger partial charge in [0, 0.05) is 11.8 Å². The van der Waals surface area contributed by atoms with Crippen LogP contribution in [0.2, 0.25) is 0 Å². The normalized spacial score (nSPS) is 12.5. The number of hydrogen-bond acceptors (Lipinski definition) is 3. The summed E-state index contributed by atoms with van der Waals surface area (Å²) >= 11 is 0. The van der Waals surface area contributed by atoms with Crippen LogP contribution in [-0.4, -0.2) is 15.2 Å². The molecule has 0 spiro atoms. The Balaban J connectivity index is 1.58. The highest BCUT2D eigenvalue weighted by atomic mass is 19.1. The molecule has 0 bridgehead atoms. The van der Waals surface area contributed by atoms with Crippen molar-refractivity contribution < 1.29 is 4.39 Å². The fourth-order valence-electron chi connectivity index (χ4n) is 3.99. The predicted octanol–water partition coefficient (Wildman–Crippen LogP) is 3.30. The van der Waals surface area contributed by atoms with Crippen LogP contribution in [0, 0.1) is 5.82 Å². The quantitative estimate of drug-likeness (QED) is 0.457. The third-order valence-corrected chi connectivity index (χ3v) is 5.23. The van der Waals surface area contributed by atoms with Gasteiger partial charge < -0.3 is 0 Å². The van der Waals surface area contributed by atoms with Crippen LogP contribution >= 0.6 is 0 Å². The Kier molecular flexibility index (Phi) is 2.78. The molecule has 2 aromatic heterocycles. The molecule has 2 aliphatic rings. The standard InChI is InChI=1S/C23H12FN3/c24-20-6-3-9-25-23(20)22-12-19-16-8-7-15-14-5-2-1-4-13(14)10-17(15)18(16)11-21(19)26-27-22/h1-12H. The molecule has 0 unspecified atom stereocenters. The van der Waals surface area contributed by atoms with Gasteiger partial charge >= 0.3 is 0 Å². The van der Waals surface area contributed by atoms with Crippen molar-refractivity contribution in [3.05, 3.63) is 88.3 Å². The second-order valence-electron chi connectivity index (χ2n) is 6.73. The highest BCUT2D eigenvalue weighted by molar-refractivity contribution is 5.89. The van der Waals surface area contributed by atoms with E-state index in [2.05, 4.69) is 63.7 Å². The average molecular weight is 349 g/mol. The molecule has 2 aliphatic carbocycles. The molecule has 0 aliphatic heterocycles. The Hall–Kier alpha value is -3.66. The van der Waals surface area contributed by atoms with Crippen LogP contribution in [0.3, 0.4) is 0 Å². The minimum atomic E-state index is -0.397. The number of halogens is 1. The first-order chi connectivity index (χ1) is 13.3. The topological polar surface area (TPSA) is 38.7 Å². The maximum atomic E-state index is 14.1. The van der Waals surface area contributed by atoms with E-state index in [4.69, 9.17) is 0 Å². The molecule has 4 aromatic rings. The SMILES string of the molecule is Fc1cccnc1-c1cc2c(nn1)C=c1c-2ccc2c1=Cc1ccccc1-2. The zero-order valence-corrected chi connectivity index (χ0v) is 14.1. The summed E-state index contributed by atoms with van der Waals surface area (Å²) in [4.78, 5) is 4.12. The molecule has 126 valence electrons. The van der Waals surface area contributed by atoms with E-state index < -0.39 is 5.82 Å². The molecule has 2 aromatic carbocycles. The summed E-state index contributed by atoms with van der Waals surface area (Å²) in [5.41, 5.74) is 7.25. The van der Waals surface area contributed by atoms with Crippen molar-refractivity contribution in [3.8, 4) is 33.6 Å². The Morgan fingerprint density at radius 1 is 0.704 bits per heavy atom. The Morgan fingerprint density at radius 3 is 2.41 bits per heavy atom. The highest BCUT2D eigenvalue weighted by Gasteiger charge is 2.21. The van der Waals surface area contributed by atoms with Crippen LogP contribution in [0.15, 0.2) is 60.8 Å². The minimum Gasteiger partial charge on any atom is -0.251 e. The lowest BCUT2D eigenvalue weighted by atomic mass is 10.0. The zero-order chi connectivity index (χ0) is 18.0. The van der Waals surface area contributed by atoms with Crippen LogP contribution < -0.4 is 10.4 Å². The van der Waals surface area contributed by atoms with Gasteiger partial charge in [-0.3, -0.25) is 4.98 Å². The number of benzene rings is 2. The van der Waals surface area contributed by atoms with E-state index in [1.165, 1.54) is 28.0 Å². The Labute approximate surface area is 154 Å². The Morgan fingerprint density at radius 2 is 1.52 bits per heavy atom. The van der Waals surface area contributed by atoms with E-state index in [9.17, 15) is 4.39 Å². The van der Waals surface area contributed by atoms with Crippen molar-refractivity contribution in [1.29, 1.82) is 0 Å². The van der Waals surface area contributed by atoms with Gasteiger partial charge in [-0.25, -0.2) is 4.39 Å². The van der Waals surface area contributed by atoms with Gasteiger partial charge in [-0.05, 0) is 63.0 Å². The maximum Gasteiger partial charge on any atom is 0.151 e. The van der Waals surface area contributed by atoms with Gasteiger partial charge in [0.1, 0.15) is 11.4 Å². The van der Waals surface area contributed by atoms with Gasteiger partial charge in [-0.1, -0.05) is 36.4 Å². The number of nitrogens with zero attached hydrogens (tertiary/aromatic N) is 3. The fraction of sp³-hybridized carbons (Fsp3) is 0. The smallest absolute Gasteiger partial charge is 0.151 e. The van der Waals surface area contributed by atoms with Crippen molar-refractivity contribution in [2.45, 2.75) is 0 Å². The molecular weight excluding hydrogens is 337 g/mol. The van der Waals surface area contributed by atoms with Crippen molar-refractivity contribution in [2.75, 3.05) is 0 Å². The lowest BCUT2D eigenvalue weighted by Gasteiger charge is -2.05. The van der Waals surface area contributed by atoms with E-state index in [1.54, 1.807) is 12.3 Å². The number of rotatable bonds is 1. The lowest BCUT2D eigenvalue weighted by Crippen LogP contribution is -2.25. The third kappa shape index (κ3) is 1.98. The van der Waals surface area contributed by atoms with Gasteiger partial charge in [0.15, 0.2) is 5.82 Å². The zero-order valence-electron chi connectivity index (χ0n) is 14.1. The maximum absolute atomic E-state index is 14.1. The fourth-order valence-corrected chi connectivity index (χ4v) is 3.99. The van der Waals surface area contributed by atoms with E-state index in [0.29, 0.717) is 5.69 Å². The molecule has 0 N–H and O–H groups in total.